The number of hydrogen-bond donors (Lipinski definition) is 1. The minimum Gasteiger partial charge on any atom is -0.493 e. The Morgan fingerprint density at radius 1 is 1.29 bits per heavy atom. The summed E-state index contributed by atoms with van der Waals surface area (Å²) < 4.78 is 16.2. The fourth-order valence-corrected chi connectivity index (χ4v) is 2.40. The number of nitrogens with zero attached hydrogens (tertiary/aromatic N) is 1. The lowest BCUT2D eigenvalue weighted by Crippen LogP contribution is -2.34. The Bertz CT molecular complexity index is 653. The minimum absolute atomic E-state index is 0.0337. The predicted molar refractivity (Wildman–Crippen MR) is 91.6 cm³/mol. The summed E-state index contributed by atoms with van der Waals surface area (Å²) in [5.41, 5.74) is 0.524. The molecule has 1 aromatic carbocycles. The van der Waals surface area contributed by atoms with Crippen molar-refractivity contribution in [1.82, 2.24) is 10.2 Å². The largest absolute Gasteiger partial charge is 0.493 e. The van der Waals surface area contributed by atoms with Gasteiger partial charge in [0.2, 0.25) is 0 Å². The SMILES string of the molecule is CCOc1cc(C(=O)NCC(c2ccco2)N(C)C)ccc1OC. The van der Waals surface area contributed by atoms with Crippen molar-refractivity contribution in [2.24, 2.45) is 0 Å². The molecule has 130 valence electrons. The van der Waals surface area contributed by atoms with Gasteiger partial charge in [0, 0.05) is 12.1 Å². The summed E-state index contributed by atoms with van der Waals surface area (Å²) >= 11 is 0. The van der Waals surface area contributed by atoms with Gasteiger partial charge in [0.05, 0.1) is 26.0 Å². The highest BCUT2D eigenvalue weighted by Crippen LogP contribution is 2.28. The van der Waals surface area contributed by atoms with Crippen LogP contribution in [0.25, 0.3) is 0 Å². The maximum absolute atomic E-state index is 12.4. The molecular formula is C18H24N2O4. The number of nitrogens with one attached hydrogen (secondary N) is 1. The molecule has 1 aromatic heterocycles. The Hall–Kier alpha value is -2.47. The summed E-state index contributed by atoms with van der Waals surface area (Å²) in [4.78, 5) is 14.4. The molecule has 1 heterocycles. The lowest BCUT2D eigenvalue weighted by molar-refractivity contribution is 0.0938. The highest BCUT2D eigenvalue weighted by molar-refractivity contribution is 5.94. The minimum atomic E-state index is -0.169. The maximum Gasteiger partial charge on any atom is 0.251 e. The van der Waals surface area contributed by atoms with Gasteiger partial charge in [-0.2, -0.15) is 0 Å². The highest BCUT2D eigenvalue weighted by Gasteiger charge is 2.19. The van der Waals surface area contributed by atoms with E-state index in [-0.39, 0.29) is 11.9 Å². The Balaban J connectivity index is 2.07. The third kappa shape index (κ3) is 4.29. The number of carbonyl (C=O) groups excluding carboxylic acids is 1. The molecule has 0 saturated heterocycles. The summed E-state index contributed by atoms with van der Waals surface area (Å²) in [6.45, 7) is 2.83. The zero-order valence-electron chi connectivity index (χ0n) is 14.5. The van der Waals surface area contributed by atoms with Gasteiger partial charge in [0.15, 0.2) is 11.5 Å². The van der Waals surface area contributed by atoms with Crippen molar-refractivity contribution in [2.75, 3.05) is 34.4 Å². The first kappa shape index (κ1) is 17.9. The summed E-state index contributed by atoms with van der Waals surface area (Å²) in [5, 5.41) is 2.94. The second kappa shape index (κ2) is 8.40. The number of methoxy groups -OCH3 is 1. The van der Waals surface area contributed by atoms with E-state index in [0.29, 0.717) is 30.2 Å². The van der Waals surface area contributed by atoms with Crippen LogP contribution in [0.1, 0.15) is 29.1 Å². The van der Waals surface area contributed by atoms with Crippen LogP contribution in [0, 0.1) is 0 Å². The van der Waals surface area contributed by atoms with Crippen LogP contribution >= 0.6 is 0 Å². The monoisotopic (exact) mass is 332 g/mol. The second-order valence-corrected chi connectivity index (χ2v) is 5.50. The number of furan rings is 1. The standard InChI is InChI=1S/C18H24N2O4/c1-5-23-17-11-13(8-9-16(17)22-4)18(21)19-12-14(20(2)3)15-7-6-10-24-15/h6-11,14H,5,12H2,1-4H3,(H,19,21). The first-order valence-corrected chi connectivity index (χ1v) is 7.85. The van der Waals surface area contributed by atoms with Crippen molar-refractivity contribution in [3.8, 4) is 11.5 Å². The first-order valence-electron chi connectivity index (χ1n) is 7.85. The van der Waals surface area contributed by atoms with E-state index in [2.05, 4.69) is 5.32 Å². The van der Waals surface area contributed by atoms with Crippen molar-refractivity contribution in [2.45, 2.75) is 13.0 Å². The summed E-state index contributed by atoms with van der Waals surface area (Å²) in [7, 11) is 5.46. The van der Waals surface area contributed by atoms with Gasteiger partial charge < -0.3 is 19.2 Å². The molecule has 6 nitrogen and oxygen atoms in total. The second-order valence-electron chi connectivity index (χ2n) is 5.50. The average Bonchev–Trinajstić information content (AvgIpc) is 3.09. The molecule has 1 unspecified atom stereocenters. The van der Waals surface area contributed by atoms with Gasteiger partial charge in [-0.05, 0) is 51.4 Å². The van der Waals surface area contributed by atoms with Crippen molar-refractivity contribution in [3.63, 3.8) is 0 Å². The molecule has 0 spiro atoms. The molecule has 2 rings (SSSR count). The Morgan fingerprint density at radius 2 is 2.08 bits per heavy atom. The fraction of sp³-hybridized carbons (Fsp3) is 0.389. The van der Waals surface area contributed by atoms with E-state index in [0.717, 1.165) is 5.76 Å². The van der Waals surface area contributed by atoms with E-state index in [9.17, 15) is 4.79 Å². The predicted octanol–water partition coefficient (Wildman–Crippen LogP) is 2.72. The lowest BCUT2D eigenvalue weighted by Gasteiger charge is -2.22. The normalized spacial score (nSPS) is 12.0. The number of rotatable bonds is 8. The molecule has 24 heavy (non-hydrogen) atoms. The number of benzene rings is 1. The number of likely N-dealkylation sites (N-methyl/N-ethyl adjacent to an activating group) is 1. The number of carbonyl (C=O) groups is 1. The molecule has 0 fully saturated rings. The van der Waals surface area contributed by atoms with Crippen LogP contribution in [-0.2, 0) is 0 Å². The van der Waals surface area contributed by atoms with Gasteiger partial charge in [-0.3, -0.25) is 9.69 Å². The molecule has 1 N–H and O–H groups in total. The Kier molecular flexibility index (Phi) is 6.26. The topological polar surface area (TPSA) is 63.9 Å². The van der Waals surface area contributed by atoms with E-state index >= 15 is 0 Å². The fourth-order valence-electron chi connectivity index (χ4n) is 2.40. The molecule has 0 aliphatic rings. The number of hydrogen-bond acceptors (Lipinski definition) is 5. The van der Waals surface area contributed by atoms with Gasteiger partial charge in [-0.25, -0.2) is 0 Å². The highest BCUT2D eigenvalue weighted by atomic mass is 16.5. The van der Waals surface area contributed by atoms with Crippen LogP contribution in [0.4, 0.5) is 0 Å². The van der Waals surface area contributed by atoms with E-state index < -0.39 is 0 Å². The molecule has 2 aromatic rings. The molecule has 6 heteroatoms. The molecule has 0 saturated carbocycles. The van der Waals surface area contributed by atoms with E-state index in [1.807, 2.05) is 38.1 Å². The summed E-state index contributed by atoms with van der Waals surface area (Å²) in [5.74, 6) is 1.81. The molecular weight excluding hydrogens is 308 g/mol. The van der Waals surface area contributed by atoms with Crippen LogP contribution in [-0.4, -0.2) is 45.2 Å². The van der Waals surface area contributed by atoms with Gasteiger partial charge in [-0.1, -0.05) is 0 Å². The van der Waals surface area contributed by atoms with E-state index in [1.54, 1.807) is 31.6 Å². The maximum atomic E-state index is 12.4. The zero-order valence-corrected chi connectivity index (χ0v) is 14.5. The summed E-state index contributed by atoms with van der Waals surface area (Å²) in [6, 6.07) is 8.84. The quantitative estimate of drug-likeness (QED) is 0.805. The Labute approximate surface area is 142 Å². The van der Waals surface area contributed by atoms with Crippen molar-refractivity contribution in [3.05, 3.63) is 47.9 Å². The van der Waals surface area contributed by atoms with Crippen molar-refractivity contribution in [1.29, 1.82) is 0 Å². The van der Waals surface area contributed by atoms with Gasteiger partial charge in [-0.15, -0.1) is 0 Å². The lowest BCUT2D eigenvalue weighted by atomic mass is 10.1. The molecule has 0 radical (unpaired) electrons. The molecule has 0 aliphatic heterocycles. The number of amides is 1. The smallest absolute Gasteiger partial charge is 0.251 e. The van der Waals surface area contributed by atoms with Crippen LogP contribution in [0.2, 0.25) is 0 Å². The van der Waals surface area contributed by atoms with Crippen molar-refractivity contribution >= 4 is 5.91 Å². The van der Waals surface area contributed by atoms with Crippen LogP contribution < -0.4 is 14.8 Å². The van der Waals surface area contributed by atoms with Gasteiger partial charge in [0.25, 0.3) is 5.91 Å². The Morgan fingerprint density at radius 3 is 2.67 bits per heavy atom. The average molecular weight is 332 g/mol. The van der Waals surface area contributed by atoms with Crippen LogP contribution in [0.5, 0.6) is 11.5 Å². The molecule has 0 aliphatic carbocycles. The van der Waals surface area contributed by atoms with E-state index in [1.165, 1.54) is 0 Å². The first-order chi connectivity index (χ1) is 11.6. The van der Waals surface area contributed by atoms with Gasteiger partial charge >= 0.3 is 0 Å². The summed E-state index contributed by atoms with van der Waals surface area (Å²) in [6.07, 6.45) is 1.63. The van der Waals surface area contributed by atoms with Crippen molar-refractivity contribution < 1.29 is 18.7 Å². The van der Waals surface area contributed by atoms with Crippen LogP contribution in [0.3, 0.4) is 0 Å². The molecule has 1 atom stereocenters. The third-order valence-electron chi connectivity index (χ3n) is 3.68. The molecule has 0 bridgehead atoms. The zero-order chi connectivity index (χ0) is 17.5. The van der Waals surface area contributed by atoms with Crippen LogP contribution in [0.15, 0.2) is 41.0 Å². The number of ether oxygens (including phenoxy) is 2. The molecule has 1 amide bonds. The third-order valence-corrected chi connectivity index (χ3v) is 3.68. The van der Waals surface area contributed by atoms with Gasteiger partial charge in [0.1, 0.15) is 5.76 Å². The van der Waals surface area contributed by atoms with E-state index in [4.69, 9.17) is 13.9 Å².